The minimum Gasteiger partial charge on any atom is -0.497 e. The van der Waals surface area contributed by atoms with Crippen LogP contribution < -0.4 is 10.5 Å². The summed E-state index contributed by atoms with van der Waals surface area (Å²) in [7, 11) is 1.66. The number of hydrogen-bond acceptors (Lipinski definition) is 6. The molecule has 7 heteroatoms. The van der Waals surface area contributed by atoms with Gasteiger partial charge in [0.2, 0.25) is 0 Å². The van der Waals surface area contributed by atoms with E-state index in [0.717, 1.165) is 30.0 Å². The lowest BCUT2D eigenvalue weighted by Crippen LogP contribution is -2.32. The molecule has 1 aromatic carbocycles. The van der Waals surface area contributed by atoms with Gasteiger partial charge in [-0.1, -0.05) is 18.2 Å². The predicted octanol–water partition coefficient (Wildman–Crippen LogP) is 3.20. The molecule has 0 N–H and O–H groups in total. The average Bonchev–Trinajstić information content (AvgIpc) is 3.20. The van der Waals surface area contributed by atoms with E-state index in [9.17, 15) is 4.79 Å². The molecule has 0 saturated heterocycles. The van der Waals surface area contributed by atoms with E-state index in [0.29, 0.717) is 18.6 Å². The van der Waals surface area contributed by atoms with Gasteiger partial charge >= 0.3 is 5.76 Å². The maximum Gasteiger partial charge on any atom is 0.438 e. The zero-order valence-electron chi connectivity index (χ0n) is 13.9. The molecular formula is C18H19N3O3S. The van der Waals surface area contributed by atoms with Crippen LogP contribution in [0.2, 0.25) is 0 Å². The first-order valence-electron chi connectivity index (χ1n) is 8.22. The fourth-order valence-electron chi connectivity index (χ4n) is 2.77. The number of rotatable bonds is 7. The van der Waals surface area contributed by atoms with E-state index >= 15 is 0 Å². The summed E-state index contributed by atoms with van der Waals surface area (Å²) in [6.45, 7) is 1.20. The van der Waals surface area contributed by atoms with Crippen molar-refractivity contribution in [3.63, 3.8) is 0 Å². The van der Waals surface area contributed by atoms with Gasteiger partial charge in [-0.25, -0.2) is 4.79 Å². The first kappa shape index (κ1) is 16.1. The maximum atomic E-state index is 12.1. The Labute approximate surface area is 149 Å². The number of benzene rings is 1. The fourth-order valence-corrected chi connectivity index (χ4v) is 3.41. The molecule has 0 spiro atoms. The maximum absolute atomic E-state index is 12.1. The monoisotopic (exact) mass is 357 g/mol. The summed E-state index contributed by atoms with van der Waals surface area (Å²) in [6.07, 6.45) is 2.31. The third-order valence-corrected chi connectivity index (χ3v) is 5.12. The molecule has 4 rings (SSSR count). The van der Waals surface area contributed by atoms with Gasteiger partial charge in [-0.05, 0) is 42.0 Å². The van der Waals surface area contributed by atoms with E-state index < -0.39 is 5.76 Å². The lowest BCUT2D eigenvalue weighted by molar-refractivity contribution is 0.182. The first-order chi connectivity index (χ1) is 12.2. The molecule has 3 aromatic rings. The van der Waals surface area contributed by atoms with Crippen LogP contribution in [0.25, 0.3) is 10.8 Å². The van der Waals surface area contributed by atoms with Crippen LogP contribution in [-0.2, 0) is 13.2 Å². The quantitative estimate of drug-likeness (QED) is 0.650. The Hall–Kier alpha value is -2.38. The van der Waals surface area contributed by atoms with Gasteiger partial charge in [-0.3, -0.25) is 4.90 Å². The topological polar surface area (TPSA) is 60.5 Å². The van der Waals surface area contributed by atoms with Crippen molar-refractivity contribution < 1.29 is 9.15 Å². The van der Waals surface area contributed by atoms with Crippen LogP contribution in [0.3, 0.4) is 0 Å². The van der Waals surface area contributed by atoms with Crippen LogP contribution in [0.1, 0.15) is 18.4 Å². The van der Waals surface area contributed by atoms with Crippen molar-refractivity contribution in [1.29, 1.82) is 0 Å². The van der Waals surface area contributed by atoms with Crippen LogP contribution in [0, 0.1) is 0 Å². The van der Waals surface area contributed by atoms with Crippen LogP contribution in [0.4, 0.5) is 0 Å². The summed E-state index contributed by atoms with van der Waals surface area (Å²) < 4.78 is 11.9. The SMILES string of the molecule is COc1ccc(CN(Cn2nc(-c3cccs3)oc2=O)C2CC2)cc1. The van der Waals surface area contributed by atoms with Crippen molar-refractivity contribution in [2.24, 2.45) is 0 Å². The number of aromatic nitrogens is 2. The highest BCUT2D eigenvalue weighted by Crippen LogP contribution is 2.29. The fraction of sp³-hybridized carbons (Fsp3) is 0.333. The van der Waals surface area contributed by atoms with Crippen LogP contribution in [-0.4, -0.2) is 27.8 Å². The van der Waals surface area contributed by atoms with Crippen molar-refractivity contribution in [3.05, 3.63) is 57.9 Å². The summed E-state index contributed by atoms with van der Waals surface area (Å²) in [5, 5.41) is 6.30. The van der Waals surface area contributed by atoms with Crippen LogP contribution in [0.5, 0.6) is 5.75 Å². The van der Waals surface area contributed by atoms with Crippen LogP contribution >= 0.6 is 11.3 Å². The zero-order valence-corrected chi connectivity index (χ0v) is 14.7. The molecule has 0 bridgehead atoms. The predicted molar refractivity (Wildman–Crippen MR) is 95.6 cm³/mol. The van der Waals surface area contributed by atoms with Gasteiger partial charge in [0, 0.05) is 12.6 Å². The number of methoxy groups -OCH3 is 1. The molecule has 2 heterocycles. The van der Waals surface area contributed by atoms with E-state index in [1.807, 2.05) is 29.6 Å². The van der Waals surface area contributed by atoms with E-state index in [-0.39, 0.29) is 0 Å². The van der Waals surface area contributed by atoms with E-state index in [2.05, 4.69) is 22.1 Å². The molecule has 0 amide bonds. The number of ether oxygens (including phenoxy) is 1. The van der Waals surface area contributed by atoms with E-state index in [4.69, 9.17) is 9.15 Å². The van der Waals surface area contributed by atoms with Gasteiger partial charge in [0.25, 0.3) is 5.89 Å². The van der Waals surface area contributed by atoms with Crippen molar-refractivity contribution >= 4 is 11.3 Å². The Bertz CT molecular complexity index is 879. The minimum atomic E-state index is -0.413. The Morgan fingerprint density at radius 2 is 2.12 bits per heavy atom. The highest BCUT2D eigenvalue weighted by molar-refractivity contribution is 7.13. The Balaban J connectivity index is 1.51. The molecule has 1 saturated carbocycles. The second-order valence-corrected chi connectivity index (χ2v) is 7.07. The zero-order chi connectivity index (χ0) is 17.2. The molecule has 0 aliphatic heterocycles. The van der Waals surface area contributed by atoms with Gasteiger partial charge in [0.15, 0.2) is 0 Å². The van der Waals surface area contributed by atoms with Gasteiger partial charge in [-0.15, -0.1) is 16.4 Å². The van der Waals surface area contributed by atoms with Gasteiger partial charge < -0.3 is 9.15 Å². The lowest BCUT2D eigenvalue weighted by Gasteiger charge is -2.21. The van der Waals surface area contributed by atoms with E-state index in [1.54, 1.807) is 7.11 Å². The second-order valence-electron chi connectivity index (χ2n) is 6.12. The molecule has 0 radical (unpaired) electrons. The normalized spacial score (nSPS) is 14.2. The smallest absolute Gasteiger partial charge is 0.438 e. The summed E-state index contributed by atoms with van der Waals surface area (Å²) in [4.78, 5) is 15.3. The molecular weight excluding hydrogens is 338 g/mol. The largest absolute Gasteiger partial charge is 0.497 e. The Morgan fingerprint density at radius 3 is 2.76 bits per heavy atom. The average molecular weight is 357 g/mol. The number of nitrogens with zero attached hydrogens (tertiary/aromatic N) is 3. The molecule has 1 fully saturated rings. The molecule has 1 aliphatic rings. The second kappa shape index (κ2) is 6.85. The third kappa shape index (κ3) is 3.67. The summed E-state index contributed by atoms with van der Waals surface area (Å²) >= 11 is 1.51. The van der Waals surface area contributed by atoms with Gasteiger partial charge in [0.1, 0.15) is 12.4 Å². The molecule has 0 unspecified atom stereocenters. The highest BCUT2D eigenvalue weighted by Gasteiger charge is 2.30. The highest BCUT2D eigenvalue weighted by atomic mass is 32.1. The van der Waals surface area contributed by atoms with Crippen molar-refractivity contribution in [3.8, 4) is 16.5 Å². The van der Waals surface area contributed by atoms with Crippen molar-refractivity contribution in [2.75, 3.05) is 7.11 Å². The minimum absolute atomic E-state index is 0.389. The van der Waals surface area contributed by atoms with Gasteiger partial charge in [0.05, 0.1) is 12.0 Å². The van der Waals surface area contributed by atoms with Crippen molar-refractivity contribution in [2.45, 2.75) is 32.1 Å². The summed E-state index contributed by atoms with van der Waals surface area (Å²) in [5.74, 6) is 0.819. The molecule has 130 valence electrons. The Kier molecular flexibility index (Phi) is 4.42. The molecule has 25 heavy (non-hydrogen) atoms. The Morgan fingerprint density at radius 1 is 1.32 bits per heavy atom. The first-order valence-corrected chi connectivity index (χ1v) is 9.10. The van der Waals surface area contributed by atoms with Crippen LogP contribution in [0.15, 0.2) is 51.0 Å². The molecule has 6 nitrogen and oxygen atoms in total. The third-order valence-electron chi connectivity index (χ3n) is 4.26. The van der Waals surface area contributed by atoms with E-state index in [1.165, 1.54) is 21.6 Å². The summed E-state index contributed by atoms with van der Waals surface area (Å²) in [6, 6.07) is 12.3. The molecule has 1 aliphatic carbocycles. The number of hydrogen-bond donors (Lipinski definition) is 0. The standard InChI is InChI=1S/C18H19N3O3S/c1-23-15-8-4-13(5-9-15)11-20(14-6-7-14)12-21-18(22)24-17(19-21)16-3-2-10-25-16/h2-5,8-10,14H,6-7,11-12H2,1H3. The van der Waals surface area contributed by atoms with Gasteiger partial charge in [-0.2, -0.15) is 4.68 Å². The molecule has 2 aromatic heterocycles. The number of thiophene rings is 1. The lowest BCUT2D eigenvalue weighted by atomic mass is 10.2. The van der Waals surface area contributed by atoms with Crippen molar-refractivity contribution in [1.82, 2.24) is 14.7 Å². The summed E-state index contributed by atoms with van der Waals surface area (Å²) in [5.41, 5.74) is 1.18. The molecule has 0 atom stereocenters.